The zero-order valence-electron chi connectivity index (χ0n) is 15.4. The molecule has 26 heavy (non-hydrogen) atoms. The van der Waals surface area contributed by atoms with Crippen LogP contribution in [0.15, 0.2) is 16.8 Å². The minimum Gasteiger partial charge on any atom is -0.348 e. The minimum atomic E-state index is -0.114. The molecule has 0 saturated carbocycles. The second-order valence-corrected chi connectivity index (χ2v) is 8.44. The third kappa shape index (κ3) is 3.67. The predicted molar refractivity (Wildman–Crippen MR) is 101 cm³/mol. The summed E-state index contributed by atoms with van der Waals surface area (Å²) in [4.78, 5) is 17.0. The van der Waals surface area contributed by atoms with Crippen molar-refractivity contribution in [3.8, 4) is 0 Å². The zero-order valence-corrected chi connectivity index (χ0v) is 16.2. The van der Waals surface area contributed by atoms with E-state index in [9.17, 15) is 4.79 Å². The van der Waals surface area contributed by atoms with E-state index < -0.39 is 0 Å². The van der Waals surface area contributed by atoms with E-state index in [1.54, 1.807) is 11.3 Å². The molecule has 2 aliphatic rings. The van der Waals surface area contributed by atoms with Gasteiger partial charge in [0, 0.05) is 45.7 Å². The summed E-state index contributed by atoms with van der Waals surface area (Å²) >= 11 is 1.76. The van der Waals surface area contributed by atoms with Crippen LogP contribution in [0.5, 0.6) is 0 Å². The third-order valence-electron chi connectivity index (χ3n) is 5.38. The van der Waals surface area contributed by atoms with Crippen LogP contribution in [0.25, 0.3) is 0 Å². The molecule has 2 aromatic rings. The number of likely N-dealkylation sites (tertiary alicyclic amines) is 1. The first kappa shape index (κ1) is 17.6. The number of thiophene rings is 1. The number of amides is 1. The summed E-state index contributed by atoms with van der Waals surface area (Å²) in [7, 11) is 3.99. The van der Waals surface area contributed by atoms with E-state index in [0.717, 1.165) is 45.0 Å². The Morgan fingerprint density at radius 3 is 2.92 bits per heavy atom. The van der Waals surface area contributed by atoms with Gasteiger partial charge in [-0.2, -0.15) is 11.3 Å². The van der Waals surface area contributed by atoms with E-state index in [0.29, 0.717) is 24.2 Å². The van der Waals surface area contributed by atoms with Gasteiger partial charge >= 0.3 is 0 Å². The number of carbonyl (C=O) groups is 1. The quantitative estimate of drug-likeness (QED) is 0.815. The molecule has 0 spiro atoms. The van der Waals surface area contributed by atoms with E-state index in [1.807, 2.05) is 23.6 Å². The molecule has 8 heteroatoms. The van der Waals surface area contributed by atoms with E-state index in [-0.39, 0.29) is 5.91 Å². The summed E-state index contributed by atoms with van der Waals surface area (Å²) in [6.45, 7) is 5.50. The van der Waals surface area contributed by atoms with Crippen LogP contribution < -0.4 is 5.32 Å². The Morgan fingerprint density at radius 2 is 2.15 bits per heavy atom. The molecule has 0 aliphatic carbocycles. The number of hydrogen-bond donors (Lipinski definition) is 1. The lowest BCUT2D eigenvalue weighted by atomic mass is 9.89. The van der Waals surface area contributed by atoms with Crippen molar-refractivity contribution < 1.29 is 4.79 Å². The average Bonchev–Trinajstić information content (AvgIpc) is 3.31. The van der Waals surface area contributed by atoms with Gasteiger partial charge in [-0.3, -0.25) is 9.69 Å². The number of hydrogen-bond acceptors (Lipinski definition) is 6. The molecule has 1 fully saturated rings. The third-order valence-corrected chi connectivity index (χ3v) is 6.11. The highest BCUT2D eigenvalue weighted by atomic mass is 32.1. The topological polar surface area (TPSA) is 66.3 Å². The van der Waals surface area contributed by atoms with Crippen molar-refractivity contribution >= 4 is 17.2 Å². The van der Waals surface area contributed by atoms with Crippen molar-refractivity contribution in [2.45, 2.75) is 19.5 Å². The molecule has 1 N–H and O–H groups in total. The smallest absolute Gasteiger partial charge is 0.289 e. The van der Waals surface area contributed by atoms with E-state index >= 15 is 0 Å². The number of fused-ring (bicyclic) bond motifs is 2. The second-order valence-electron chi connectivity index (χ2n) is 7.66. The van der Waals surface area contributed by atoms with Gasteiger partial charge in [0.2, 0.25) is 5.82 Å². The molecule has 2 atom stereocenters. The van der Waals surface area contributed by atoms with Crippen molar-refractivity contribution in [1.82, 2.24) is 29.9 Å². The molecular weight excluding hydrogens is 348 g/mol. The van der Waals surface area contributed by atoms with Gasteiger partial charge in [-0.15, -0.1) is 10.2 Å². The summed E-state index contributed by atoms with van der Waals surface area (Å²) in [6.07, 6.45) is 0.919. The number of aromatic nitrogens is 3. The van der Waals surface area contributed by atoms with Crippen LogP contribution in [0.3, 0.4) is 0 Å². The fourth-order valence-corrected chi connectivity index (χ4v) is 4.69. The van der Waals surface area contributed by atoms with Crippen LogP contribution in [0.4, 0.5) is 0 Å². The monoisotopic (exact) mass is 374 g/mol. The summed E-state index contributed by atoms with van der Waals surface area (Å²) in [5.41, 5.74) is 1.40. The maximum atomic E-state index is 12.5. The van der Waals surface area contributed by atoms with Crippen LogP contribution >= 0.6 is 11.3 Å². The second kappa shape index (κ2) is 7.46. The van der Waals surface area contributed by atoms with Crippen molar-refractivity contribution in [3.63, 3.8) is 0 Å². The molecule has 0 bridgehead atoms. The Morgan fingerprint density at radius 1 is 1.31 bits per heavy atom. The first-order valence-electron chi connectivity index (χ1n) is 9.18. The number of nitrogens with zero attached hydrogens (tertiary/aromatic N) is 5. The Hall–Kier alpha value is -1.77. The summed E-state index contributed by atoms with van der Waals surface area (Å²) < 4.78 is 2.04. The molecule has 0 unspecified atom stereocenters. The Labute approximate surface area is 158 Å². The Balaban J connectivity index is 1.39. The SMILES string of the molecule is CN(C)CCNC(=O)c1nnc2n1C[C@@H]1CN(Cc3ccsc3)C[C@@H]1C2. The van der Waals surface area contributed by atoms with Gasteiger partial charge in [0.15, 0.2) is 0 Å². The lowest BCUT2D eigenvalue weighted by Crippen LogP contribution is -2.35. The van der Waals surface area contributed by atoms with Crippen molar-refractivity contribution in [1.29, 1.82) is 0 Å². The molecule has 0 aromatic carbocycles. The van der Waals surface area contributed by atoms with Gasteiger partial charge in [0.25, 0.3) is 5.91 Å². The normalized spacial score (nSPS) is 22.4. The Bertz CT molecular complexity index is 756. The fraction of sp³-hybridized carbons (Fsp3) is 0.611. The predicted octanol–water partition coefficient (Wildman–Crippen LogP) is 0.935. The van der Waals surface area contributed by atoms with Crippen molar-refractivity contribution in [2.24, 2.45) is 11.8 Å². The summed E-state index contributed by atoms with van der Waals surface area (Å²) in [5.74, 6) is 2.51. The molecule has 4 rings (SSSR count). The molecular formula is C18H26N6OS. The van der Waals surface area contributed by atoms with Gasteiger partial charge in [0.1, 0.15) is 5.82 Å². The first-order valence-corrected chi connectivity index (χ1v) is 10.1. The molecule has 0 radical (unpaired) electrons. The number of rotatable bonds is 6. The lowest BCUT2D eigenvalue weighted by molar-refractivity contribution is 0.0932. The standard InChI is InChI=1S/C18H26N6OS/c1-22(2)5-4-19-18(25)17-21-20-16-7-14-9-23(8-13-3-6-26-12-13)10-15(14)11-24(16)17/h3,6,12,14-15H,4-5,7-11H2,1-2H3,(H,19,25)/t14-,15-/m0/s1. The maximum absolute atomic E-state index is 12.5. The van der Waals surface area contributed by atoms with Crippen LogP contribution in [0.1, 0.15) is 22.0 Å². The molecule has 140 valence electrons. The van der Waals surface area contributed by atoms with E-state index in [2.05, 4.69) is 37.2 Å². The van der Waals surface area contributed by atoms with Crippen LogP contribution in [0, 0.1) is 11.8 Å². The number of carbonyl (C=O) groups excluding carboxylic acids is 1. The lowest BCUT2D eigenvalue weighted by Gasteiger charge is -2.25. The molecule has 4 heterocycles. The van der Waals surface area contributed by atoms with Crippen LogP contribution in [0.2, 0.25) is 0 Å². The van der Waals surface area contributed by atoms with Gasteiger partial charge < -0.3 is 14.8 Å². The summed E-state index contributed by atoms with van der Waals surface area (Å²) in [5, 5.41) is 15.8. The molecule has 7 nitrogen and oxygen atoms in total. The first-order chi connectivity index (χ1) is 12.6. The highest BCUT2D eigenvalue weighted by Gasteiger charge is 2.39. The molecule has 1 saturated heterocycles. The highest BCUT2D eigenvalue weighted by Crippen LogP contribution is 2.33. The maximum Gasteiger partial charge on any atom is 0.289 e. The van der Waals surface area contributed by atoms with E-state index in [4.69, 9.17) is 0 Å². The zero-order chi connectivity index (χ0) is 18.1. The van der Waals surface area contributed by atoms with Crippen LogP contribution in [-0.2, 0) is 19.5 Å². The number of nitrogens with one attached hydrogen (secondary N) is 1. The number of likely N-dealkylation sites (N-methyl/N-ethyl adjacent to an activating group) is 1. The highest BCUT2D eigenvalue weighted by molar-refractivity contribution is 7.07. The van der Waals surface area contributed by atoms with Gasteiger partial charge in [0.05, 0.1) is 0 Å². The van der Waals surface area contributed by atoms with Gasteiger partial charge in [-0.05, 0) is 48.3 Å². The average molecular weight is 375 g/mol. The largest absolute Gasteiger partial charge is 0.348 e. The van der Waals surface area contributed by atoms with Crippen molar-refractivity contribution in [2.75, 3.05) is 40.3 Å². The van der Waals surface area contributed by atoms with Crippen molar-refractivity contribution in [3.05, 3.63) is 34.0 Å². The van der Waals surface area contributed by atoms with Gasteiger partial charge in [-0.25, -0.2) is 0 Å². The van der Waals surface area contributed by atoms with Gasteiger partial charge in [-0.1, -0.05) is 0 Å². The van der Waals surface area contributed by atoms with E-state index in [1.165, 1.54) is 5.56 Å². The molecule has 2 aliphatic heterocycles. The van der Waals surface area contributed by atoms with Crippen LogP contribution in [-0.4, -0.2) is 70.7 Å². The summed E-state index contributed by atoms with van der Waals surface area (Å²) in [6, 6.07) is 2.21. The fourth-order valence-electron chi connectivity index (χ4n) is 4.03. The molecule has 1 amide bonds. The molecule has 2 aromatic heterocycles. The minimum absolute atomic E-state index is 0.114. The Kier molecular flexibility index (Phi) is 5.06.